The van der Waals surface area contributed by atoms with E-state index in [9.17, 15) is 8.42 Å². The number of hydrogen-bond acceptors (Lipinski definition) is 4. The molecule has 1 heterocycles. The van der Waals surface area contributed by atoms with E-state index < -0.39 is 10.0 Å². The first-order valence-electron chi connectivity index (χ1n) is 6.03. The highest BCUT2D eigenvalue weighted by atomic mass is 35.5. The van der Waals surface area contributed by atoms with E-state index in [1.807, 2.05) is 0 Å². The summed E-state index contributed by atoms with van der Waals surface area (Å²) in [6.45, 7) is 2.87. The number of rotatable bonds is 3. The van der Waals surface area contributed by atoms with Crippen molar-refractivity contribution in [2.45, 2.75) is 17.9 Å². The van der Waals surface area contributed by atoms with Crippen molar-refractivity contribution in [3.05, 3.63) is 28.8 Å². The minimum absolute atomic E-state index is 0.0629. The van der Waals surface area contributed by atoms with Crippen LogP contribution in [-0.4, -0.2) is 43.5 Å². The summed E-state index contributed by atoms with van der Waals surface area (Å²) in [5, 5.41) is 0.119. The molecule has 0 bridgehead atoms. The maximum absolute atomic E-state index is 12.6. The van der Waals surface area contributed by atoms with Crippen molar-refractivity contribution >= 4 is 38.8 Å². The highest BCUT2D eigenvalue weighted by Gasteiger charge is 2.32. The predicted molar refractivity (Wildman–Crippen MR) is 81.5 cm³/mol. The molecule has 1 aliphatic rings. The van der Waals surface area contributed by atoms with Crippen molar-refractivity contribution < 1.29 is 13.2 Å². The van der Waals surface area contributed by atoms with Crippen LogP contribution in [0, 0.1) is 0 Å². The van der Waals surface area contributed by atoms with Crippen LogP contribution in [-0.2, 0) is 14.8 Å². The average Bonchev–Trinajstić information content (AvgIpc) is 2.38. The topological polar surface area (TPSA) is 72.6 Å². The van der Waals surface area contributed by atoms with Crippen LogP contribution in [0.25, 0.3) is 0 Å². The Labute approximate surface area is 128 Å². The first-order chi connectivity index (χ1) is 9.34. The molecule has 1 unspecified atom stereocenters. The van der Waals surface area contributed by atoms with Gasteiger partial charge in [0.25, 0.3) is 0 Å². The summed E-state index contributed by atoms with van der Waals surface area (Å²) < 4.78 is 31.9. The predicted octanol–water partition coefficient (Wildman–Crippen LogP) is 1.38. The van der Waals surface area contributed by atoms with Crippen molar-refractivity contribution in [3.63, 3.8) is 0 Å². The fourth-order valence-electron chi connectivity index (χ4n) is 2.06. The molecular formula is C12H15ClN2O3S2. The number of sulfonamides is 1. The maximum atomic E-state index is 12.6. The van der Waals surface area contributed by atoms with E-state index in [1.165, 1.54) is 16.4 Å². The lowest BCUT2D eigenvalue weighted by atomic mass is 10.2. The summed E-state index contributed by atoms with van der Waals surface area (Å²) in [7, 11) is -3.65. The Balaban J connectivity index is 2.41. The standard InChI is InChI=1S/C12H15ClN2O3S2/c1-8-7-18-5-4-15(8)20(16,17)11-3-2-9(12(14)19)6-10(11)13/h2-3,6,8H,4-5,7H2,1H3,(H2,14,19). The van der Waals surface area contributed by atoms with Crippen LogP contribution in [0.4, 0.5) is 0 Å². The lowest BCUT2D eigenvalue weighted by molar-refractivity contribution is 0.0393. The van der Waals surface area contributed by atoms with E-state index in [-0.39, 0.29) is 20.9 Å². The first-order valence-corrected chi connectivity index (χ1v) is 8.25. The monoisotopic (exact) mass is 334 g/mol. The van der Waals surface area contributed by atoms with Gasteiger partial charge in [-0.1, -0.05) is 29.9 Å². The Morgan fingerprint density at radius 3 is 2.80 bits per heavy atom. The Morgan fingerprint density at radius 1 is 1.55 bits per heavy atom. The van der Waals surface area contributed by atoms with E-state index >= 15 is 0 Å². The van der Waals surface area contributed by atoms with Crippen molar-refractivity contribution in [2.24, 2.45) is 5.73 Å². The number of nitrogens with two attached hydrogens (primary N) is 1. The van der Waals surface area contributed by atoms with Crippen molar-refractivity contribution in [3.8, 4) is 0 Å². The van der Waals surface area contributed by atoms with Gasteiger partial charge in [0.05, 0.1) is 18.2 Å². The van der Waals surface area contributed by atoms with E-state index in [1.54, 1.807) is 13.0 Å². The molecular weight excluding hydrogens is 320 g/mol. The zero-order valence-electron chi connectivity index (χ0n) is 10.9. The normalized spacial score (nSPS) is 20.8. The largest absolute Gasteiger partial charge is 0.389 e. The first kappa shape index (κ1) is 15.7. The fraction of sp³-hybridized carbons (Fsp3) is 0.417. The molecule has 0 amide bonds. The SMILES string of the molecule is CC1COCCN1S(=O)(=O)c1ccc(C(N)=S)cc1Cl. The molecule has 0 aliphatic carbocycles. The van der Waals surface area contributed by atoms with Crippen LogP contribution in [0.3, 0.4) is 0 Å². The van der Waals surface area contributed by atoms with Gasteiger partial charge in [-0.05, 0) is 19.1 Å². The molecule has 1 aliphatic heterocycles. The average molecular weight is 335 g/mol. The second-order valence-corrected chi connectivity index (χ2v) is 7.26. The summed E-state index contributed by atoms with van der Waals surface area (Å²) in [6, 6.07) is 4.25. The molecule has 0 aromatic heterocycles. The van der Waals surface area contributed by atoms with Crippen LogP contribution < -0.4 is 5.73 Å². The van der Waals surface area contributed by atoms with E-state index in [2.05, 4.69) is 0 Å². The van der Waals surface area contributed by atoms with Crippen molar-refractivity contribution in [2.75, 3.05) is 19.8 Å². The van der Waals surface area contributed by atoms with Gasteiger partial charge in [-0.3, -0.25) is 0 Å². The third-order valence-electron chi connectivity index (χ3n) is 3.11. The Morgan fingerprint density at radius 2 is 2.25 bits per heavy atom. The van der Waals surface area contributed by atoms with Gasteiger partial charge in [-0.15, -0.1) is 0 Å². The van der Waals surface area contributed by atoms with Gasteiger partial charge in [0.15, 0.2) is 0 Å². The molecule has 5 nitrogen and oxygen atoms in total. The van der Waals surface area contributed by atoms with Gasteiger partial charge in [-0.25, -0.2) is 8.42 Å². The van der Waals surface area contributed by atoms with Gasteiger partial charge in [0.1, 0.15) is 9.88 Å². The number of hydrogen-bond donors (Lipinski definition) is 1. The highest BCUT2D eigenvalue weighted by molar-refractivity contribution is 7.89. The quantitative estimate of drug-likeness (QED) is 0.845. The summed E-state index contributed by atoms with van der Waals surface area (Å²) >= 11 is 10.9. The molecule has 1 aromatic rings. The second-order valence-electron chi connectivity index (χ2n) is 4.55. The number of ether oxygens (including phenoxy) is 1. The molecule has 0 spiro atoms. The van der Waals surface area contributed by atoms with E-state index in [0.29, 0.717) is 25.3 Å². The molecule has 2 rings (SSSR count). The lowest BCUT2D eigenvalue weighted by Gasteiger charge is -2.32. The van der Waals surface area contributed by atoms with E-state index in [4.69, 9.17) is 34.3 Å². The summed E-state index contributed by atoms with van der Waals surface area (Å²) in [6.07, 6.45) is 0. The number of nitrogens with zero attached hydrogens (tertiary/aromatic N) is 1. The highest BCUT2D eigenvalue weighted by Crippen LogP contribution is 2.27. The third-order valence-corrected chi connectivity index (χ3v) is 5.84. The Bertz CT molecular complexity index is 634. The second kappa shape index (κ2) is 5.95. The smallest absolute Gasteiger partial charge is 0.244 e. The molecule has 8 heteroatoms. The van der Waals surface area contributed by atoms with Gasteiger partial charge < -0.3 is 10.5 Å². The van der Waals surface area contributed by atoms with Crippen molar-refractivity contribution in [1.82, 2.24) is 4.31 Å². The van der Waals surface area contributed by atoms with Crippen LogP contribution in [0.15, 0.2) is 23.1 Å². The molecule has 1 fully saturated rings. The lowest BCUT2D eigenvalue weighted by Crippen LogP contribution is -2.47. The summed E-state index contributed by atoms with van der Waals surface area (Å²) in [5.74, 6) is 0. The third kappa shape index (κ3) is 2.96. The molecule has 1 atom stereocenters. The summed E-state index contributed by atoms with van der Waals surface area (Å²) in [5.41, 5.74) is 6.04. The minimum atomic E-state index is -3.65. The molecule has 1 aromatic carbocycles. The van der Waals surface area contributed by atoms with Gasteiger partial charge in [0, 0.05) is 18.2 Å². The van der Waals surface area contributed by atoms with Crippen LogP contribution in [0.5, 0.6) is 0 Å². The minimum Gasteiger partial charge on any atom is -0.389 e. The maximum Gasteiger partial charge on any atom is 0.244 e. The van der Waals surface area contributed by atoms with Crippen LogP contribution in [0.2, 0.25) is 5.02 Å². The molecule has 0 saturated carbocycles. The molecule has 110 valence electrons. The molecule has 2 N–H and O–H groups in total. The molecule has 20 heavy (non-hydrogen) atoms. The number of halogens is 1. The van der Waals surface area contributed by atoms with Gasteiger partial charge in [0.2, 0.25) is 10.0 Å². The van der Waals surface area contributed by atoms with Gasteiger partial charge in [-0.2, -0.15) is 4.31 Å². The number of thiocarbonyl (C=S) groups is 1. The zero-order chi connectivity index (χ0) is 14.9. The molecule has 1 saturated heterocycles. The van der Waals surface area contributed by atoms with Crippen LogP contribution >= 0.6 is 23.8 Å². The van der Waals surface area contributed by atoms with Crippen LogP contribution in [0.1, 0.15) is 12.5 Å². The number of benzene rings is 1. The fourth-order valence-corrected chi connectivity index (χ4v) is 4.31. The van der Waals surface area contributed by atoms with Gasteiger partial charge >= 0.3 is 0 Å². The zero-order valence-corrected chi connectivity index (χ0v) is 13.3. The Hall–Kier alpha value is -0.730. The van der Waals surface area contributed by atoms with Crippen molar-refractivity contribution in [1.29, 1.82) is 0 Å². The summed E-state index contributed by atoms with van der Waals surface area (Å²) in [4.78, 5) is 0.239. The van der Waals surface area contributed by atoms with E-state index in [0.717, 1.165) is 0 Å². The molecule has 0 radical (unpaired) electrons. The Kier molecular flexibility index (Phi) is 4.66. The number of morpholine rings is 1.